The summed E-state index contributed by atoms with van der Waals surface area (Å²) in [5.74, 6) is 0. The number of hydrogen-bond acceptors (Lipinski definition) is 4. The van der Waals surface area contributed by atoms with Gasteiger partial charge in [-0.1, -0.05) is 30.3 Å². The molecule has 0 fully saturated rings. The molecule has 104 valence electrons. The third-order valence-corrected chi connectivity index (χ3v) is 2.63. The standard InChI is InChI=1S/C13H20N4OS/c1-3-18-10-9-12(11-7-5-4-6-8-11)15-17-13(19)16-14-2/h4-8,12,14H,3,9-10H2,1-2H3,(H,16,19). The van der Waals surface area contributed by atoms with Crippen molar-refractivity contribution in [2.24, 2.45) is 10.2 Å². The van der Waals surface area contributed by atoms with Gasteiger partial charge in [-0.05, 0) is 31.1 Å². The average Bonchev–Trinajstić information content (AvgIpc) is 2.44. The van der Waals surface area contributed by atoms with Gasteiger partial charge in [0.05, 0.1) is 6.04 Å². The number of nitrogens with zero attached hydrogens (tertiary/aromatic N) is 2. The Balaban J connectivity index is 2.67. The fraction of sp³-hybridized carbons (Fsp3) is 0.462. The fourth-order valence-electron chi connectivity index (χ4n) is 1.56. The second kappa shape index (κ2) is 9.55. The topological polar surface area (TPSA) is 58.0 Å². The van der Waals surface area contributed by atoms with E-state index < -0.39 is 0 Å². The van der Waals surface area contributed by atoms with E-state index in [0.717, 1.165) is 12.0 Å². The van der Waals surface area contributed by atoms with Crippen LogP contribution >= 0.6 is 12.2 Å². The van der Waals surface area contributed by atoms with Crippen LogP contribution in [0.5, 0.6) is 0 Å². The number of hydrazine groups is 1. The summed E-state index contributed by atoms with van der Waals surface area (Å²) in [7, 11) is 1.73. The predicted octanol–water partition coefficient (Wildman–Crippen LogP) is 2.62. The average molecular weight is 280 g/mol. The summed E-state index contributed by atoms with van der Waals surface area (Å²) < 4.78 is 5.38. The van der Waals surface area contributed by atoms with Crippen LogP contribution in [-0.2, 0) is 4.74 Å². The van der Waals surface area contributed by atoms with E-state index in [2.05, 4.69) is 21.1 Å². The van der Waals surface area contributed by atoms with Gasteiger partial charge < -0.3 is 4.74 Å². The molecule has 1 unspecified atom stereocenters. The Labute approximate surface area is 119 Å². The zero-order valence-electron chi connectivity index (χ0n) is 11.3. The van der Waals surface area contributed by atoms with Crippen LogP contribution in [0, 0.1) is 0 Å². The summed E-state index contributed by atoms with van der Waals surface area (Å²) in [4.78, 5) is 0. The normalized spacial score (nSPS) is 12.5. The molecule has 0 aliphatic heterocycles. The Kier molecular flexibility index (Phi) is 7.88. The van der Waals surface area contributed by atoms with Crippen molar-refractivity contribution in [2.45, 2.75) is 19.4 Å². The predicted molar refractivity (Wildman–Crippen MR) is 79.9 cm³/mol. The minimum absolute atomic E-state index is 0.0376. The first-order valence-corrected chi connectivity index (χ1v) is 6.69. The van der Waals surface area contributed by atoms with Crippen molar-refractivity contribution >= 4 is 17.3 Å². The van der Waals surface area contributed by atoms with Crippen molar-refractivity contribution in [2.75, 3.05) is 20.3 Å². The van der Waals surface area contributed by atoms with E-state index in [1.165, 1.54) is 0 Å². The number of ether oxygens (including phenoxy) is 1. The summed E-state index contributed by atoms with van der Waals surface area (Å²) in [6, 6.07) is 9.98. The van der Waals surface area contributed by atoms with Gasteiger partial charge in [-0.25, -0.2) is 5.43 Å². The third kappa shape index (κ3) is 6.37. The summed E-state index contributed by atoms with van der Waals surface area (Å²) in [5.41, 5.74) is 6.53. The third-order valence-electron chi connectivity index (χ3n) is 2.44. The van der Waals surface area contributed by atoms with E-state index >= 15 is 0 Å². The van der Waals surface area contributed by atoms with E-state index in [4.69, 9.17) is 17.0 Å². The van der Waals surface area contributed by atoms with Crippen molar-refractivity contribution in [3.05, 3.63) is 35.9 Å². The van der Waals surface area contributed by atoms with E-state index in [0.29, 0.717) is 18.3 Å². The van der Waals surface area contributed by atoms with Gasteiger partial charge in [-0.3, -0.25) is 5.43 Å². The quantitative estimate of drug-likeness (QED) is 0.349. The molecule has 1 aromatic rings. The second-order valence-electron chi connectivity index (χ2n) is 3.81. The van der Waals surface area contributed by atoms with Crippen molar-refractivity contribution in [1.82, 2.24) is 10.9 Å². The first kappa shape index (κ1) is 15.7. The Bertz CT molecular complexity index is 397. The highest BCUT2D eigenvalue weighted by Crippen LogP contribution is 2.21. The SMILES string of the molecule is CCOCCC(N=NC(=S)NNC)c1ccccc1. The summed E-state index contributed by atoms with van der Waals surface area (Å²) in [6.45, 7) is 3.34. The maximum absolute atomic E-state index is 5.38. The molecule has 0 bridgehead atoms. The van der Waals surface area contributed by atoms with Gasteiger partial charge in [0.15, 0.2) is 0 Å². The van der Waals surface area contributed by atoms with Crippen LogP contribution in [-0.4, -0.2) is 25.4 Å². The van der Waals surface area contributed by atoms with Crippen LogP contribution in [0.2, 0.25) is 0 Å². The first-order valence-electron chi connectivity index (χ1n) is 6.28. The number of thiocarbonyl (C=S) groups is 1. The van der Waals surface area contributed by atoms with E-state index in [9.17, 15) is 0 Å². The number of hydrogen-bond donors (Lipinski definition) is 2. The van der Waals surface area contributed by atoms with Gasteiger partial charge >= 0.3 is 0 Å². The lowest BCUT2D eigenvalue weighted by molar-refractivity contribution is 0.139. The largest absolute Gasteiger partial charge is 0.382 e. The number of azo groups is 1. The highest BCUT2D eigenvalue weighted by Gasteiger charge is 2.10. The lowest BCUT2D eigenvalue weighted by atomic mass is 10.1. The molecule has 0 radical (unpaired) electrons. The molecule has 1 aromatic carbocycles. The summed E-state index contributed by atoms with van der Waals surface area (Å²) in [6.07, 6.45) is 0.781. The molecular formula is C13H20N4OS. The molecule has 0 spiro atoms. The minimum Gasteiger partial charge on any atom is -0.382 e. The zero-order chi connectivity index (χ0) is 13.9. The van der Waals surface area contributed by atoms with Gasteiger partial charge in [0, 0.05) is 20.3 Å². The Morgan fingerprint density at radius 1 is 1.37 bits per heavy atom. The van der Waals surface area contributed by atoms with E-state index in [1.54, 1.807) is 7.05 Å². The first-order chi connectivity index (χ1) is 9.27. The number of nitrogens with one attached hydrogen (secondary N) is 2. The van der Waals surface area contributed by atoms with Crippen molar-refractivity contribution in [1.29, 1.82) is 0 Å². The molecule has 5 nitrogen and oxygen atoms in total. The maximum atomic E-state index is 5.38. The molecule has 0 saturated carbocycles. The molecule has 1 rings (SSSR count). The van der Waals surface area contributed by atoms with Gasteiger partial charge in [-0.2, -0.15) is 5.11 Å². The molecule has 0 aliphatic carbocycles. The van der Waals surface area contributed by atoms with E-state index in [-0.39, 0.29) is 6.04 Å². The highest BCUT2D eigenvalue weighted by molar-refractivity contribution is 7.80. The molecule has 6 heteroatoms. The maximum Gasteiger partial charge on any atom is 0.227 e. The van der Waals surface area contributed by atoms with Crippen LogP contribution < -0.4 is 10.9 Å². The van der Waals surface area contributed by atoms with E-state index in [1.807, 2.05) is 37.3 Å². The summed E-state index contributed by atoms with van der Waals surface area (Å²) >= 11 is 4.99. The monoisotopic (exact) mass is 280 g/mol. The van der Waals surface area contributed by atoms with Crippen molar-refractivity contribution in [3.63, 3.8) is 0 Å². The number of benzene rings is 1. The molecule has 0 aliphatic rings. The van der Waals surface area contributed by atoms with Gasteiger partial charge in [-0.15, -0.1) is 5.11 Å². The van der Waals surface area contributed by atoms with Crippen LogP contribution in [0.3, 0.4) is 0 Å². The van der Waals surface area contributed by atoms with Crippen molar-refractivity contribution in [3.8, 4) is 0 Å². The number of rotatable bonds is 7. The lowest BCUT2D eigenvalue weighted by Gasteiger charge is -2.11. The Hall–Kier alpha value is -1.37. The van der Waals surface area contributed by atoms with Crippen LogP contribution in [0.1, 0.15) is 24.9 Å². The van der Waals surface area contributed by atoms with Gasteiger partial charge in [0.25, 0.3) is 0 Å². The smallest absolute Gasteiger partial charge is 0.227 e. The Morgan fingerprint density at radius 3 is 2.74 bits per heavy atom. The summed E-state index contributed by atoms with van der Waals surface area (Å²) in [5, 5.41) is 8.60. The molecule has 19 heavy (non-hydrogen) atoms. The van der Waals surface area contributed by atoms with Crippen LogP contribution in [0.4, 0.5) is 0 Å². The minimum atomic E-state index is -0.0376. The molecule has 2 N–H and O–H groups in total. The van der Waals surface area contributed by atoms with Crippen LogP contribution in [0.25, 0.3) is 0 Å². The molecule has 0 saturated heterocycles. The molecule has 0 amide bonds. The Morgan fingerprint density at radius 2 is 2.11 bits per heavy atom. The molecular weight excluding hydrogens is 260 g/mol. The van der Waals surface area contributed by atoms with Crippen molar-refractivity contribution < 1.29 is 4.74 Å². The lowest BCUT2D eigenvalue weighted by Crippen LogP contribution is -2.31. The fourth-order valence-corrected chi connectivity index (χ4v) is 1.71. The molecule has 0 heterocycles. The zero-order valence-corrected chi connectivity index (χ0v) is 12.1. The van der Waals surface area contributed by atoms with Gasteiger partial charge in [0.2, 0.25) is 5.11 Å². The second-order valence-corrected chi connectivity index (χ2v) is 4.19. The highest BCUT2D eigenvalue weighted by atomic mass is 32.1. The molecule has 1 atom stereocenters. The molecule has 0 aromatic heterocycles. The van der Waals surface area contributed by atoms with Gasteiger partial charge in [0.1, 0.15) is 0 Å². The van der Waals surface area contributed by atoms with Crippen LogP contribution in [0.15, 0.2) is 40.6 Å².